The van der Waals surface area contributed by atoms with E-state index in [-0.39, 0.29) is 12.5 Å². The van der Waals surface area contributed by atoms with Crippen molar-refractivity contribution in [3.63, 3.8) is 0 Å². The third-order valence-electron chi connectivity index (χ3n) is 2.48. The van der Waals surface area contributed by atoms with E-state index in [1.54, 1.807) is 0 Å². The fourth-order valence-electron chi connectivity index (χ4n) is 1.68. The van der Waals surface area contributed by atoms with Crippen molar-refractivity contribution in [2.45, 2.75) is 25.8 Å². The molecule has 0 amide bonds. The third kappa shape index (κ3) is 2.91. The summed E-state index contributed by atoms with van der Waals surface area (Å²) in [5, 5.41) is 9.49. The Balaban J connectivity index is 1.98. The van der Waals surface area contributed by atoms with E-state index >= 15 is 0 Å². The Morgan fingerprint density at radius 1 is 1.38 bits per heavy atom. The second-order valence-electron chi connectivity index (χ2n) is 3.98. The first-order chi connectivity index (χ1) is 7.63. The third-order valence-corrected chi connectivity index (χ3v) is 2.76. The van der Waals surface area contributed by atoms with E-state index in [0.717, 1.165) is 17.1 Å². The first kappa shape index (κ1) is 11.3. The topological polar surface area (TPSA) is 62.1 Å². The average Bonchev–Trinajstić information content (AvgIpc) is 2.20. The van der Waals surface area contributed by atoms with Gasteiger partial charge in [-0.1, -0.05) is 29.9 Å². The Bertz CT molecular complexity index is 376. The van der Waals surface area contributed by atoms with Crippen LogP contribution in [0.2, 0.25) is 0 Å². The fourth-order valence-corrected chi connectivity index (χ4v) is 1.97. The molecular formula is C11H16N4S. The molecule has 2 unspecified atom stereocenters. The first-order valence-electron chi connectivity index (χ1n) is 5.28. The van der Waals surface area contributed by atoms with Gasteiger partial charge in [0.15, 0.2) is 0 Å². The van der Waals surface area contributed by atoms with Gasteiger partial charge in [-0.25, -0.2) is 0 Å². The standard InChI is InChI=1S/C11H16N4S/c1-7-2-4-8(5-3-7)13-9-6-10(16)15-11(12)14-9/h2-5,9,11,13-14H,6,12H2,1H3,(H,15,16). The lowest BCUT2D eigenvalue weighted by Crippen LogP contribution is -2.62. The van der Waals surface area contributed by atoms with Gasteiger partial charge in [-0.05, 0) is 19.1 Å². The molecular weight excluding hydrogens is 220 g/mol. The number of nitrogens with one attached hydrogen (secondary N) is 3. The first-order valence-corrected chi connectivity index (χ1v) is 5.68. The number of thiocarbonyl (C=S) groups is 1. The lowest BCUT2D eigenvalue weighted by atomic mass is 10.2. The fraction of sp³-hybridized carbons (Fsp3) is 0.364. The molecule has 5 N–H and O–H groups in total. The van der Waals surface area contributed by atoms with Gasteiger partial charge >= 0.3 is 0 Å². The van der Waals surface area contributed by atoms with E-state index < -0.39 is 0 Å². The van der Waals surface area contributed by atoms with Gasteiger partial charge in [-0.15, -0.1) is 0 Å². The van der Waals surface area contributed by atoms with Gasteiger partial charge in [0.05, 0.1) is 11.2 Å². The van der Waals surface area contributed by atoms with Gasteiger partial charge in [0.25, 0.3) is 0 Å². The van der Waals surface area contributed by atoms with E-state index in [1.165, 1.54) is 5.56 Å². The van der Waals surface area contributed by atoms with Crippen LogP contribution in [0.15, 0.2) is 24.3 Å². The molecule has 0 radical (unpaired) electrons. The number of benzene rings is 1. The van der Waals surface area contributed by atoms with Gasteiger partial charge in [0.2, 0.25) is 0 Å². The highest BCUT2D eigenvalue weighted by molar-refractivity contribution is 7.80. The average molecular weight is 236 g/mol. The molecule has 0 bridgehead atoms. The smallest absolute Gasteiger partial charge is 0.131 e. The summed E-state index contributed by atoms with van der Waals surface area (Å²) in [6, 6.07) is 8.24. The molecule has 4 nitrogen and oxygen atoms in total. The monoisotopic (exact) mass is 236 g/mol. The molecule has 1 heterocycles. The maximum Gasteiger partial charge on any atom is 0.131 e. The van der Waals surface area contributed by atoms with Crippen LogP contribution in [0.5, 0.6) is 0 Å². The van der Waals surface area contributed by atoms with E-state index in [0.29, 0.717) is 0 Å². The number of aryl methyl sites for hydroxylation is 1. The zero-order valence-electron chi connectivity index (χ0n) is 9.16. The molecule has 86 valence electrons. The highest BCUT2D eigenvalue weighted by Gasteiger charge is 2.20. The van der Waals surface area contributed by atoms with Gasteiger partial charge in [-0.2, -0.15) is 0 Å². The normalized spacial score (nSPS) is 25.0. The maximum atomic E-state index is 5.74. The van der Waals surface area contributed by atoms with Gasteiger partial charge in [0.1, 0.15) is 6.29 Å². The van der Waals surface area contributed by atoms with Crippen molar-refractivity contribution in [2.24, 2.45) is 5.73 Å². The number of anilines is 1. The van der Waals surface area contributed by atoms with Crippen LogP contribution in [0, 0.1) is 6.92 Å². The largest absolute Gasteiger partial charge is 0.369 e. The van der Waals surface area contributed by atoms with Crippen molar-refractivity contribution in [3.05, 3.63) is 29.8 Å². The van der Waals surface area contributed by atoms with Gasteiger partial charge in [0, 0.05) is 12.1 Å². The van der Waals surface area contributed by atoms with Gasteiger partial charge in [-0.3, -0.25) is 11.1 Å². The summed E-state index contributed by atoms with van der Waals surface area (Å²) in [6.45, 7) is 2.07. The number of rotatable bonds is 2. The Labute approximate surface area is 101 Å². The van der Waals surface area contributed by atoms with Crippen molar-refractivity contribution in [1.82, 2.24) is 10.6 Å². The van der Waals surface area contributed by atoms with Crippen LogP contribution in [0.4, 0.5) is 5.69 Å². The summed E-state index contributed by atoms with van der Waals surface area (Å²) in [5.41, 5.74) is 8.06. The highest BCUT2D eigenvalue weighted by Crippen LogP contribution is 2.11. The Hall–Kier alpha value is -1.17. The molecule has 1 aromatic rings. The highest BCUT2D eigenvalue weighted by atomic mass is 32.1. The number of hydrogen-bond acceptors (Lipinski definition) is 4. The van der Waals surface area contributed by atoms with Crippen LogP contribution in [-0.2, 0) is 0 Å². The van der Waals surface area contributed by atoms with Crippen molar-refractivity contribution < 1.29 is 0 Å². The minimum absolute atomic E-state index is 0.0893. The molecule has 2 atom stereocenters. The van der Waals surface area contributed by atoms with E-state index in [1.807, 2.05) is 12.1 Å². The summed E-state index contributed by atoms with van der Waals surface area (Å²) in [5.74, 6) is 0. The Kier molecular flexibility index (Phi) is 3.38. The molecule has 1 aliphatic heterocycles. The SMILES string of the molecule is Cc1ccc(NC2CC(=S)NC(N)N2)cc1. The second-order valence-corrected chi connectivity index (χ2v) is 4.47. The Morgan fingerprint density at radius 3 is 2.69 bits per heavy atom. The van der Waals surface area contributed by atoms with Crippen molar-refractivity contribution in [3.8, 4) is 0 Å². The Morgan fingerprint density at radius 2 is 2.06 bits per heavy atom. The van der Waals surface area contributed by atoms with Crippen molar-refractivity contribution >= 4 is 22.9 Å². The molecule has 0 spiro atoms. The van der Waals surface area contributed by atoms with E-state index in [2.05, 4.69) is 35.0 Å². The van der Waals surface area contributed by atoms with Crippen LogP contribution in [0.1, 0.15) is 12.0 Å². The molecule has 16 heavy (non-hydrogen) atoms. The predicted octanol–water partition coefficient (Wildman–Crippen LogP) is 0.886. The molecule has 1 saturated heterocycles. The number of nitrogens with two attached hydrogens (primary N) is 1. The quantitative estimate of drug-likeness (QED) is 0.574. The van der Waals surface area contributed by atoms with Crippen LogP contribution in [-0.4, -0.2) is 17.4 Å². The van der Waals surface area contributed by atoms with E-state index in [4.69, 9.17) is 18.0 Å². The lowest BCUT2D eigenvalue weighted by molar-refractivity contribution is 0.415. The minimum Gasteiger partial charge on any atom is -0.369 e. The zero-order valence-corrected chi connectivity index (χ0v) is 9.97. The molecule has 5 heteroatoms. The van der Waals surface area contributed by atoms with Crippen LogP contribution in [0.3, 0.4) is 0 Å². The molecule has 1 fully saturated rings. The molecule has 0 aromatic heterocycles. The minimum atomic E-state index is -0.274. The van der Waals surface area contributed by atoms with Crippen molar-refractivity contribution in [2.75, 3.05) is 5.32 Å². The molecule has 1 aromatic carbocycles. The lowest BCUT2D eigenvalue weighted by Gasteiger charge is -2.31. The van der Waals surface area contributed by atoms with E-state index in [9.17, 15) is 0 Å². The predicted molar refractivity (Wildman–Crippen MR) is 70.1 cm³/mol. The summed E-state index contributed by atoms with van der Waals surface area (Å²) >= 11 is 5.13. The summed E-state index contributed by atoms with van der Waals surface area (Å²) < 4.78 is 0. The van der Waals surface area contributed by atoms with Crippen molar-refractivity contribution in [1.29, 1.82) is 0 Å². The van der Waals surface area contributed by atoms with Gasteiger partial charge < -0.3 is 10.6 Å². The second kappa shape index (κ2) is 4.78. The molecule has 1 aliphatic rings. The summed E-state index contributed by atoms with van der Waals surface area (Å²) in [4.78, 5) is 0.788. The summed E-state index contributed by atoms with van der Waals surface area (Å²) in [7, 11) is 0. The number of hydrogen-bond donors (Lipinski definition) is 4. The van der Waals surface area contributed by atoms with Crippen LogP contribution in [0.25, 0.3) is 0 Å². The summed E-state index contributed by atoms with van der Waals surface area (Å²) in [6.07, 6.45) is 0.562. The molecule has 0 aliphatic carbocycles. The molecule has 2 rings (SSSR count). The molecule has 0 saturated carbocycles. The maximum absolute atomic E-state index is 5.74. The zero-order chi connectivity index (χ0) is 11.5. The van der Waals surface area contributed by atoms with Crippen LogP contribution < -0.4 is 21.7 Å². The van der Waals surface area contributed by atoms with Crippen LogP contribution >= 0.6 is 12.2 Å².